The molecule has 20 heavy (non-hydrogen) atoms. The van der Waals surface area contributed by atoms with Crippen molar-refractivity contribution in [3.8, 4) is 5.75 Å². The second kappa shape index (κ2) is 6.15. The van der Waals surface area contributed by atoms with E-state index in [9.17, 15) is 5.11 Å². The van der Waals surface area contributed by atoms with Crippen LogP contribution < -0.4 is 4.74 Å². The van der Waals surface area contributed by atoms with E-state index in [2.05, 4.69) is 32.9 Å². The highest BCUT2D eigenvalue weighted by Crippen LogP contribution is 2.28. The highest BCUT2D eigenvalue weighted by molar-refractivity contribution is 5.39. The average molecular weight is 278 g/mol. The predicted molar refractivity (Wildman–Crippen MR) is 80.2 cm³/mol. The van der Waals surface area contributed by atoms with Crippen molar-refractivity contribution >= 4 is 0 Å². The first kappa shape index (κ1) is 15.3. The van der Waals surface area contributed by atoms with E-state index in [1.54, 1.807) is 7.11 Å². The Kier molecular flexibility index (Phi) is 4.71. The van der Waals surface area contributed by atoms with E-state index >= 15 is 0 Å². The van der Waals surface area contributed by atoms with Crippen LogP contribution in [-0.4, -0.2) is 31.0 Å². The number of rotatable bonds is 5. The summed E-state index contributed by atoms with van der Waals surface area (Å²) < 4.78 is 11.0. The quantitative estimate of drug-likeness (QED) is 0.900. The van der Waals surface area contributed by atoms with Crippen LogP contribution in [0.2, 0.25) is 0 Å². The lowest BCUT2D eigenvalue weighted by molar-refractivity contribution is -0.0729. The topological polar surface area (TPSA) is 38.7 Å². The molecule has 2 rings (SSSR count). The molecule has 3 heteroatoms. The van der Waals surface area contributed by atoms with Crippen LogP contribution in [0, 0.1) is 5.41 Å². The van der Waals surface area contributed by atoms with Gasteiger partial charge in [-0.25, -0.2) is 0 Å². The van der Waals surface area contributed by atoms with Crippen molar-refractivity contribution in [1.82, 2.24) is 0 Å². The molecule has 1 N–H and O–H groups in total. The summed E-state index contributed by atoms with van der Waals surface area (Å²) in [6, 6.07) is 6.34. The molecular weight excluding hydrogens is 252 g/mol. The molecule has 0 fully saturated rings. The maximum absolute atomic E-state index is 10.3. The summed E-state index contributed by atoms with van der Waals surface area (Å²) in [4.78, 5) is 0. The molecule has 112 valence electrons. The fourth-order valence-electron chi connectivity index (χ4n) is 2.95. The van der Waals surface area contributed by atoms with Gasteiger partial charge in [-0.1, -0.05) is 32.9 Å². The third-order valence-corrected chi connectivity index (χ3v) is 3.94. The minimum absolute atomic E-state index is 0.0556. The van der Waals surface area contributed by atoms with Crippen molar-refractivity contribution in [1.29, 1.82) is 0 Å². The van der Waals surface area contributed by atoms with Gasteiger partial charge < -0.3 is 14.6 Å². The molecule has 0 aliphatic carbocycles. The van der Waals surface area contributed by atoms with Crippen LogP contribution in [0.5, 0.6) is 5.75 Å². The summed E-state index contributed by atoms with van der Waals surface area (Å²) in [5, 5.41) is 10.3. The van der Waals surface area contributed by atoms with Gasteiger partial charge in [-0.2, -0.15) is 0 Å². The number of benzene rings is 1. The lowest BCUT2D eigenvalue weighted by atomic mass is 9.84. The van der Waals surface area contributed by atoms with Crippen molar-refractivity contribution in [2.75, 3.05) is 13.7 Å². The average Bonchev–Trinajstić information content (AvgIpc) is 2.82. The molecule has 3 nitrogen and oxygen atoms in total. The van der Waals surface area contributed by atoms with E-state index in [4.69, 9.17) is 9.47 Å². The van der Waals surface area contributed by atoms with Gasteiger partial charge in [0.15, 0.2) is 0 Å². The number of hydrogen-bond acceptors (Lipinski definition) is 3. The van der Waals surface area contributed by atoms with Gasteiger partial charge in [-0.15, -0.1) is 0 Å². The Labute approximate surface area is 121 Å². The number of aryl methyl sites for hydroxylation is 1. The SMILES string of the molecule is COC(C(O)CCc1ccc2c(c1)CCO2)C(C)(C)C. The summed E-state index contributed by atoms with van der Waals surface area (Å²) in [6.45, 7) is 7.07. The lowest BCUT2D eigenvalue weighted by Crippen LogP contribution is -2.39. The lowest BCUT2D eigenvalue weighted by Gasteiger charge is -2.33. The zero-order valence-electron chi connectivity index (χ0n) is 13.0. The third kappa shape index (κ3) is 3.53. The molecule has 0 saturated carbocycles. The number of hydrogen-bond donors (Lipinski definition) is 1. The summed E-state index contributed by atoms with van der Waals surface area (Å²) in [7, 11) is 1.67. The van der Waals surface area contributed by atoms with Crippen molar-refractivity contribution in [2.45, 2.75) is 52.2 Å². The first-order chi connectivity index (χ1) is 9.41. The van der Waals surface area contributed by atoms with Gasteiger partial charge in [0, 0.05) is 13.5 Å². The number of aliphatic hydroxyl groups excluding tert-OH is 1. The van der Waals surface area contributed by atoms with Crippen LogP contribution in [0.4, 0.5) is 0 Å². The fourth-order valence-corrected chi connectivity index (χ4v) is 2.95. The van der Waals surface area contributed by atoms with E-state index < -0.39 is 6.10 Å². The van der Waals surface area contributed by atoms with Crippen LogP contribution in [0.3, 0.4) is 0 Å². The molecule has 0 aromatic heterocycles. The molecule has 0 radical (unpaired) electrons. The highest BCUT2D eigenvalue weighted by Gasteiger charge is 2.30. The van der Waals surface area contributed by atoms with Gasteiger partial charge in [-0.3, -0.25) is 0 Å². The minimum atomic E-state index is -0.440. The standard InChI is InChI=1S/C17H26O3/c1-17(2,3)16(19-4)14(18)7-5-12-6-8-15-13(11-12)9-10-20-15/h6,8,11,14,16,18H,5,7,9-10H2,1-4H3. The zero-order valence-corrected chi connectivity index (χ0v) is 13.0. The van der Waals surface area contributed by atoms with Crippen LogP contribution in [0.15, 0.2) is 18.2 Å². The molecule has 0 saturated heterocycles. The number of aliphatic hydroxyl groups is 1. The monoisotopic (exact) mass is 278 g/mol. The van der Waals surface area contributed by atoms with Crippen LogP contribution in [0.25, 0.3) is 0 Å². The Hall–Kier alpha value is -1.06. The van der Waals surface area contributed by atoms with E-state index in [1.165, 1.54) is 11.1 Å². The van der Waals surface area contributed by atoms with Gasteiger partial charge in [0.2, 0.25) is 0 Å². The Bertz CT molecular complexity index is 448. The molecule has 1 heterocycles. The summed E-state index contributed by atoms with van der Waals surface area (Å²) in [5.74, 6) is 1.01. The molecule has 1 aliphatic heterocycles. The van der Waals surface area contributed by atoms with Crippen LogP contribution >= 0.6 is 0 Å². The molecule has 2 unspecified atom stereocenters. The predicted octanol–water partition coefficient (Wildman–Crippen LogP) is 2.98. The highest BCUT2D eigenvalue weighted by atomic mass is 16.5. The molecule has 0 bridgehead atoms. The summed E-state index contributed by atoms with van der Waals surface area (Å²) in [5.41, 5.74) is 2.49. The molecule has 2 atom stereocenters. The van der Waals surface area contributed by atoms with Crippen molar-refractivity contribution < 1.29 is 14.6 Å². The van der Waals surface area contributed by atoms with Gasteiger partial charge in [-0.05, 0) is 35.4 Å². The Morgan fingerprint density at radius 1 is 1.35 bits per heavy atom. The number of fused-ring (bicyclic) bond motifs is 1. The Balaban J connectivity index is 1.94. The maximum atomic E-state index is 10.3. The molecular formula is C17H26O3. The third-order valence-electron chi connectivity index (χ3n) is 3.94. The Morgan fingerprint density at radius 3 is 2.75 bits per heavy atom. The molecule has 1 aromatic rings. The number of ether oxygens (including phenoxy) is 2. The first-order valence-electron chi connectivity index (χ1n) is 7.37. The molecule has 0 amide bonds. The Morgan fingerprint density at radius 2 is 2.10 bits per heavy atom. The van der Waals surface area contributed by atoms with Crippen molar-refractivity contribution in [2.24, 2.45) is 5.41 Å². The smallest absolute Gasteiger partial charge is 0.122 e. The van der Waals surface area contributed by atoms with E-state index in [0.717, 1.165) is 31.6 Å². The second-order valence-electron chi connectivity index (χ2n) is 6.67. The van der Waals surface area contributed by atoms with Gasteiger partial charge in [0.05, 0.1) is 18.8 Å². The molecule has 0 spiro atoms. The molecule has 1 aliphatic rings. The normalized spacial score (nSPS) is 17.4. The van der Waals surface area contributed by atoms with Crippen LogP contribution in [-0.2, 0) is 17.6 Å². The summed E-state index contributed by atoms with van der Waals surface area (Å²) in [6.07, 6.45) is 2.00. The zero-order chi connectivity index (χ0) is 14.8. The fraction of sp³-hybridized carbons (Fsp3) is 0.647. The van der Waals surface area contributed by atoms with Gasteiger partial charge in [0.25, 0.3) is 0 Å². The van der Waals surface area contributed by atoms with Crippen molar-refractivity contribution in [3.05, 3.63) is 29.3 Å². The van der Waals surface area contributed by atoms with E-state index in [1.807, 2.05) is 6.07 Å². The maximum Gasteiger partial charge on any atom is 0.122 e. The number of methoxy groups -OCH3 is 1. The van der Waals surface area contributed by atoms with E-state index in [-0.39, 0.29) is 11.5 Å². The van der Waals surface area contributed by atoms with Crippen molar-refractivity contribution in [3.63, 3.8) is 0 Å². The van der Waals surface area contributed by atoms with Gasteiger partial charge in [0.1, 0.15) is 5.75 Å². The largest absolute Gasteiger partial charge is 0.493 e. The first-order valence-corrected chi connectivity index (χ1v) is 7.37. The minimum Gasteiger partial charge on any atom is -0.493 e. The van der Waals surface area contributed by atoms with Gasteiger partial charge >= 0.3 is 0 Å². The second-order valence-corrected chi connectivity index (χ2v) is 6.67. The summed E-state index contributed by atoms with van der Waals surface area (Å²) >= 11 is 0. The molecule has 1 aromatic carbocycles. The van der Waals surface area contributed by atoms with E-state index in [0.29, 0.717) is 0 Å². The van der Waals surface area contributed by atoms with Crippen LogP contribution in [0.1, 0.15) is 38.3 Å².